The Morgan fingerprint density at radius 3 is 2.60 bits per heavy atom. The van der Waals surface area contributed by atoms with Gasteiger partial charge in [-0.1, -0.05) is 11.6 Å². The molecule has 1 aromatic heterocycles. The summed E-state index contributed by atoms with van der Waals surface area (Å²) >= 11 is 6.36. The van der Waals surface area contributed by atoms with E-state index in [0.717, 1.165) is 50.0 Å². The van der Waals surface area contributed by atoms with Crippen molar-refractivity contribution in [3.63, 3.8) is 0 Å². The summed E-state index contributed by atoms with van der Waals surface area (Å²) in [7, 11) is 2.12. The van der Waals surface area contributed by atoms with Crippen LogP contribution >= 0.6 is 11.6 Å². The minimum atomic E-state index is -0.230. The van der Waals surface area contributed by atoms with Gasteiger partial charge in [-0.25, -0.2) is 14.8 Å². The van der Waals surface area contributed by atoms with Crippen molar-refractivity contribution in [2.24, 2.45) is 4.99 Å². The standard InChI is InChI=1S/C24H29ClN8O2/c1-32-8-4-17(5-9-32)30-24(35)33-10-6-16(7-11-33)28-21-20(25)14-27-23(31-21)29-18-2-3-19-15(12-18)13-26-22(19)34/h2-3,12-14,16-17H,4-11H2,1H3,(H,30,35)(H2,27,28,29,31). The molecule has 0 saturated carbocycles. The largest absolute Gasteiger partial charge is 0.366 e. The van der Waals surface area contributed by atoms with E-state index in [1.807, 2.05) is 11.0 Å². The van der Waals surface area contributed by atoms with Gasteiger partial charge in [0.1, 0.15) is 5.02 Å². The van der Waals surface area contributed by atoms with Crippen LogP contribution in [-0.4, -0.2) is 83.2 Å². The number of carbonyl (C=O) groups is 2. The zero-order valence-corrected chi connectivity index (χ0v) is 20.4. The number of amides is 3. The Hall–Kier alpha value is -3.24. The van der Waals surface area contributed by atoms with E-state index in [2.05, 4.69) is 42.9 Å². The van der Waals surface area contributed by atoms with Gasteiger partial charge < -0.3 is 25.8 Å². The van der Waals surface area contributed by atoms with E-state index in [4.69, 9.17) is 11.6 Å². The Kier molecular flexibility index (Phi) is 6.83. The van der Waals surface area contributed by atoms with Crippen LogP contribution in [0.4, 0.5) is 22.2 Å². The monoisotopic (exact) mass is 496 g/mol. The maximum atomic E-state index is 12.7. The third-order valence-electron chi connectivity index (χ3n) is 6.77. The lowest BCUT2D eigenvalue weighted by Gasteiger charge is -2.35. The molecule has 4 heterocycles. The predicted octanol–water partition coefficient (Wildman–Crippen LogP) is 3.13. The normalized spacial score (nSPS) is 19.0. The number of halogens is 1. The summed E-state index contributed by atoms with van der Waals surface area (Å²) in [6, 6.07) is 5.82. The second-order valence-electron chi connectivity index (χ2n) is 9.31. The van der Waals surface area contributed by atoms with Gasteiger partial charge in [-0.05, 0) is 64.0 Å². The number of carbonyl (C=O) groups excluding carboxylic acids is 2. The zero-order valence-electron chi connectivity index (χ0n) is 19.6. The molecule has 2 aromatic rings. The number of hydrogen-bond donors (Lipinski definition) is 3. The molecule has 3 aliphatic heterocycles. The predicted molar refractivity (Wildman–Crippen MR) is 136 cm³/mol. The van der Waals surface area contributed by atoms with Crippen molar-refractivity contribution in [3.8, 4) is 0 Å². The SMILES string of the molecule is CN1CCC(NC(=O)N2CCC(Nc3nc(Nc4ccc5c(c4)C=NC5=O)ncc3Cl)CC2)CC1. The fourth-order valence-corrected chi connectivity index (χ4v) is 4.78. The third-order valence-corrected chi connectivity index (χ3v) is 7.05. The van der Waals surface area contributed by atoms with Gasteiger partial charge in [-0.3, -0.25) is 4.79 Å². The van der Waals surface area contributed by atoms with E-state index in [9.17, 15) is 9.59 Å². The lowest BCUT2D eigenvalue weighted by atomic mass is 10.0. The van der Waals surface area contributed by atoms with Gasteiger partial charge in [0.05, 0.1) is 11.8 Å². The van der Waals surface area contributed by atoms with E-state index in [1.54, 1.807) is 24.5 Å². The van der Waals surface area contributed by atoms with Gasteiger partial charge in [0.2, 0.25) is 5.95 Å². The van der Waals surface area contributed by atoms with Crippen LogP contribution in [0.25, 0.3) is 0 Å². The number of piperidine rings is 2. The summed E-state index contributed by atoms with van der Waals surface area (Å²) in [5.41, 5.74) is 2.10. The molecule has 10 nitrogen and oxygen atoms in total. The minimum absolute atomic E-state index is 0.0330. The highest BCUT2D eigenvalue weighted by Gasteiger charge is 2.26. The number of nitrogens with zero attached hydrogens (tertiary/aromatic N) is 5. The minimum Gasteiger partial charge on any atom is -0.366 e. The number of anilines is 3. The number of aromatic nitrogens is 2. The van der Waals surface area contributed by atoms with E-state index in [-0.39, 0.29) is 24.0 Å². The number of likely N-dealkylation sites (tertiary alicyclic amines) is 2. The van der Waals surface area contributed by atoms with Gasteiger partial charge in [0.15, 0.2) is 5.82 Å². The lowest BCUT2D eigenvalue weighted by molar-refractivity contribution is 0.101. The molecule has 35 heavy (non-hydrogen) atoms. The first-order valence-corrected chi connectivity index (χ1v) is 12.3. The number of rotatable bonds is 5. The van der Waals surface area contributed by atoms with Gasteiger partial charge >= 0.3 is 6.03 Å². The maximum Gasteiger partial charge on any atom is 0.317 e. The number of benzene rings is 1. The third kappa shape index (κ3) is 5.54. The first kappa shape index (κ1) is 23.5. The second kappa shape index (κ2) is 10.2. The molecule has 11 heteroatoms. The van der Waals surface area contributed by atoms with Gasteiger partial charge in [-0.2, -0.15) is 4.98 Å². The molecule has 0 unspecified atom stereocenters. The van der Waals surface area contributed by atoms with Crippen LogP contribution in [-0.2, 0) is 0 Å². The maximum absolute atomic E-state index is 12.7. The Bertz CT molecular complexity index is 1140. The molecule has 3 N–H and O–H groups in total. The number of hydrogen-bond acceptors (Lipinski definition) is 7. The fourth-order valence-electron chi connectivity index (χ4n) is 4.64. The van der Waals surface area contributed by atoms with Crippen molar-refractivity contribution >= 4 is 47.2 Å². The van der Waals surface area contributed by atoms with Crippen molar-refractivity contribution in [2.45, 2.75) is 37.8 Å². The van der Waals surface area contributed by atoms with Crippen LogP contribution in [0.2, 0.25) is 5.02 Å². The number of fused-ring (bicyclic) bond motifs is 1. The van der Waals surface area contributed by atoms with E-state index >= 15 is 0 Å². The molecular formula is C24H29ClN8O2. The summed E-state index contributed by atoms with van der Waals surface area (Å²) in [6.07, 6.45) is 6.73. The summed E-state index contributed by atoms with van der Waals surface area (Å²) in [6.45, 7) is 3.40. The molecule has 0 spiro atoms. The Morgan fingerprint density at radius 1 is 1.09 bits per heavy atom. The van der Waals surface area contributed by atoms with Gasteiger partial charge in [0, 0.05) is 42.6 Å². The molecule has 5 rings (SSSR count). The Labute approximate surface area is 209 Å². The highest BCUT2D eigenvalue weighted by Crippen LogP contribution is 2.26. The molecule has 2 saturated heterocycles. The topological polar surface area (TPSA) is 115 Å². The first-order chi connectivity index (χ1) is 16.9. The fraction of sp³-hybridized carbons (Fsp3) is 0.458. The molecular weight excluding hydrogens is 468 g/mol. The van der Waals surface area contributed by atoms with Gasteiger partial charge in [0.25, 0.3) is 5.91 Å². The molecule has 184 valence electrons. The van der Waals surface area contributed by atoms with Gasteiger partial charge in [-0.15, -0.1) is 0 Å². The van der Waals surface area contributed by atoms with Crippen molar-refractivity contribution in [1.29, 1.82) is 0 Å². The van der Waals surface area contributed by atoms with Crippen LogP contribution in [0.15, 0.2) is 29.4 Å². The Balaban J connectivity index is 1.15. The number of nitrogens with one attached hydrogen (secondary N) is 3. The molecule has 0 atom stereocenters. The van der Waals surface area contributed by atoms with Crippen LogP contribution in [0.3, 0.4) is 0 Å². The van der Waals surface area contributed by atoms with Crippen LogP contribution < -0.4 is 16.0 Å². The van der Waals surface area contributed by atoms with E-state index < -0.39 is 0 Å². The van der Waals surface area contributed by atoms with E-state index in [1.165, 1.54) is 0 Å². The van der Waals surface area contributed by atoms with Crippen LogP contribution in [0, 0.1) is 0 Å². The molecule has 3 aliphatic rings. The summed E-state index contributed by atoms with van der Waals surface area (Å²) < 4.78 is 0. The Morgan fingerprint density at radius 2 is 1.83 bits per heavy atom. The zero-order chi connectivity index (χ0) is 24.4. The lowest BCUT2D eigenvalue weighted by Crippen LogP contribution is -2.51. The number of aliphatic imine (C=N–C) groups is 1. The average Bonchev–Trinajstić information content (AvgIpc) is 3.23. The molecule has 1 aromatic carbocycles. The molecule has 0 bridgehead atoms. The quantitative estimate of drug-likeness (QED) is 0.582. The van der Waals surface area contributed by atoms with Crippen molar-refractivity contribution < 1.29 is 9.59 Å². The van der Waals surface area contributed by atoms with Crippen molar-refractivity contribution in [2.75, 3.05) is 43.9 Å². The molecule has 0 radical (unpaired) electrons. The average molecular weight is 497 g/mol. The summed E-state index contributed by atoms with van der Waals surface area (Å²) in [5, 5.41) is 10.2. The summed E-state index contributed by atoms with van der Waals surface area (Å²) in [5.74, 6) is 0.718. The second-order valence-corrected chi connectivity index (χ2v) is 9.72. The van der Waals surface area contributed by atoms with Crippen molar-refractivity contribution in [1.82, 2.24) is 25.1 Å². The van der Waals surface area contributed by atoms with Crippen LogP contribution in [0.1, 0.15) is 41.6 Å². The highest BCUT2D eigenvalue weighted by atomic mass is 35.5. The first-order valence-electron chi connectivity index (χ1n) is 12.0. The molecule has 0 aliphatic carbocycles. The highest BCUT2D eigenvalue weighted by molar-refractivity contribution is 6.32. The van der Waals surface area contributed by atoms with Crippen LogP contribution in [0.5, 0.6) is 0 Å². The van der Waals surface area contributed by atoms with E-state index in [0.29, 0.717) is 35.4 Å². The summed E-state index contributed by atoms with van der Waals surface area (Å²) in [4.78, 5) is 41.2. The van der Waals surface area contributed by atoms with Crippen molar-refractivity contribution in [3.05, 3.63) is 40.5 Å². The number of urea groups is 1. The molecule has 2 fully saturated rings. The smallest absolute Gasteiger partial charge is 0.317 e. The molecule has 3 amide bonds.